The number of carbonyl (C=O) groups is 1. The molecule has 114 valence electrons. The Morgan fingerprint density at radius 1 is 1.23 bits per heavy atom. The van der Waals surface area contributed by atoms with Crippen LogP contribution in [0, 0.1) is 6.92 Å². The lowest BCUT2D eigenvalue weighted by Gasteiger charge is -2.04. The van der Waals surface area contributed by atoms with E-state index in [2.05, 4.69) is 10.5 Å². The lowest BCUT2D eigenvalue weighted by atomic mass is 10.2. The van der Waals surface area contributed by atoms with Crippen molar-refractivity contribution < 1.29 is 9.53 Å². The summed E-state index contributed by atoms with van der Waals surface area (Å²) in [6.45, 7) is 2.03. The Morgan fingerprint density at radius 2 is 1.95 bits per heavy atom. The summed E-state index contributed by atoms with van der Waals surface area (Å²) in [7, 11) is 1.62. The number of hydrazone groups is 1. The maximum atomic E-state index is 11.8. The number of methoxy groups -OCH3 is 1. The first-order chi connectivity index (χ1) is 10.7. The van der Waals surface area contributed by atoms with E-state index >= 15 is 0 Å². The zero-order chi connectivity index (χ0) is 15.8. The molecule has 0 saturated carbocycles. The van der Waals surface area contributed by atoms with Crippen molar-refractivity contribution in [2.24, 2.45) is 5.10 Å². The van der Waals surface area contributed by atoms with E-state index in [0.717, 1.165) is 16.2 Å². The number of hydrogen-bond acceptors (Lipinski definition) is 4. The summed E-state index contributed by atoms with van der Waals surface area (Å²) in [5.41, 5.74) is 4.59. The molecule has 0 aliphatic carbocycles. The van der Waals surface area contributed by atoms with Crippen molar-refractivity contribution in [2.75, 3.05) is 12.9 Å². The van der Waals surface area contributed by atoms with E-state index in [1.54, 1.807) is 13.3 Å². The minimum Gasteiger partial charge on any atom is -0.497 e. The normalized spacial score (nSPS) is 10.6. The van der Waals surface area contributed by atoms with Crippen LogP contribution in [0.2, 0.25) is 0 Å². The minimum atomic E-state index is -0.127. The van der Waals surface area contributed by atoms with Crippen LogP contribution in [0.1, 0.15) is 11.1 Å². The summed E-state index contributed by atoms with van der Waals surface area (Å²) in [6.07, 6.45) is 1.61. The molecule has 0 unspecified atom stereocenters. The molecule has 2 aromatic carbocycles. The number of nitrogens with zero attached hydrogens (tertiary/aromatic N) is 1. The number of aryl methyl sites for hydroxylation is 1. The molecular formula is C17H18N2O2S. The van der Waals surface area contributed by atoms with Crippen molar-refractivity contribution >= 4 is 23.9 Å². The molecule has 0 radical (unpaired) electrons. The summed E-state index contributed by atoms with van der Waals surface area (Å²) < 4.78 is 5.08. The fraction of sp³-hybridized carbons (Fsp3) is 0.176. The van der Waals surface area contributed by atoms with Crippen LogP contribution in [0.15, 0.2) is 58.5 Å². The smallest absolute Gasteiger partial charge is 0.250 e. The van der Waals surface area contributed by atoms with E-state index in [4.69, 9.17) is 4.74 Å². The van der Waals surface area contributed by atoms with Crippen molar-refractivity contribution in [1.82, 2.24) is 5.43 Å². The van der Waals surface area contributed by atoms with Crippen molar-refractivity contribution in [3.63, 3.8) is 0 Å². The van der Waals surface area contributed by atoms with Crippen molar-refractivity contribution in [1.29, 1.82) is 0 Å². The van der Waals surface area contributed by atoms with E-state index in [-0.39, 0.29) is 5.91 Å². The van der Waals surface area contributed by atoms with E-state index in [9.17, 15) is 4.79 Å². The van der Waals surface area contributed by atoms with E-state index in [1.807, 2.05) is 55.5 Å². The topological polar surface area (TPSA) is 50.7 Å². The average Bonchev–Trinajstić information content (AvgIpc) is 2.55. The first kappa shape index (κ1) is 16.1. The molecule has 4 nitrogen and oxygen atoms in total. The third kappa shape index (κ3) is 4.93. The van der Waals surface area contributed by atoms with Gasteiger partial charge in [-0.25, -0.2) is 5.43 Å². The van der Waals surface area contributed by atoms with Gasteiger partial charge in [-0.05, 0) is 48.4 Å². The van der Waals surface area contributed by atoms with Gasteiger partial charge in [0.15, 0.2) is 0 Å². The zero-order valence-corrected chi connectivity index (χ0v) is 13.4. The molecular weight excluding hydrogens is 296 g/mol. The first-order valence-corrected chi connectivity index (χ1v) is 7.82. The van der Waals surface area contributed by atoms with Gasteiger partial charge in [0.05, 0.1) is 19.1 Å². The van der Waals surface area contributed by atoms with Crippen molar-refractivity contribution in [3.8, 4) is 5.75 Å². The standard InChI is InChI=1S/C17H18N2O2S/c1-13-5-3-4-6-16(13)22-12-17(20)19-18-11-14-7-9-15(21-2)10-8-14/h3-11H,12H2,1-2H3,(H,19,20)/b18-11-. The predicted octanol–water partition coefficient (Wildman–Crippen LogP) is 3.25. The third-order valence-electron chi connectivity index (χ3n) is 2.97. The van der Waals surface area contributed by atoms with Gasteiger partial charge in [-0.2, -0.15) is 5.10 Å². The molecule has 0 heterocycles. The molecule has 2 aromatic rings. The van der Waals surface area contributed by atoms with Gasteiger partial charge in [0.1, 0.15) is 5.75 Å². The molecule has 0 saturated heterocycles. The Hall–Kier alpha value is -2.27. The second-order valence-electron chi connectivity index (χ2n) is 4.62. The van der Waals surface area contributed by atoms with Crippen LogP contribution >= 0.6 is 11.8 Å². The van der Waals surface area contributed by atoms with Gasteiger partial charge in [-0.15, -0.1) is 11.8 Å². The summed E-state index contributed by atoms with van der Waals surface area (Å²) in [4.78, 5) is 12.9. The SMILES string of the molecule is COc1ccc(/C=N\NC(=O)CSc2ccccc2C)cc1. The van der Waals surface area contributed by atoms with Gasteiger partial charge in [0, 0.05) is 4.90 Å². The van der Waals surface area contributed by atoms with Gasteiger partial charge in [-0.1, -0.05) is 18.2 Å². The van der Waals surface area contributed by atoms with E-state index < -0.39 is 0 Å². The fourth-order valence-electron chi connectivity index (χ4n) is 1.76. The average molecular weight is 314 g/mol. The Morgan fingerprint density at radius 3 is 2.64 bits per heavy atom. The number of ether oxygens (including phenoxy) is 1. The molecule has 0 aromatic heterocycles. The summed E-state index contributed by atoms with van der Waals surface area (Å²) >= 11 is 1.50. The zero-order valence-electron chi connectivity index (χ0n) is 12.6. The largest absolute Gasteiger partial charge is 0.497 e. The molecule has 0 bridgehead atoms. The number of carbonyl (C=O) groups excluding carboxylic acids is 1. The molecule has 2 rings (SSSR count). The number of benzene rings is 2. The van der Waals surface area contributed by atoms with E-state index in [0.29, 0.717) is 5.75 Å². The molecule has 1 amide bonds. The molecule has 5 heteroatoms. The number of hydrogen-bond donors (Lipinski definition) is 1. The number of nitrogens with one attached hydrogen (secondary N) is 1. The second kappa shape index (κ2) is 8.24. The van der Waals surface area contributed by atoms with Crippen LogP contribution in [0.3, 0.4) is 0 Å². The lowest BCUT2D eigenvalue weighted by Crippen LogP contribution is -2.19. The number of amides is 1. The summed E-state index contributed by atoms with van der Waals surface area (Å²) in [5, 5.41) is 3.95. The van der Waals surface area contributed by atoms with Gasteiger partial charge in [-0.3, -0.25) is 4.79 Å². The Labute approximate surface area is 134 Å². The Balaban J connectivity index is 1.79. The summed E-state index contributed by atoms with van der Waals surface area (Å²) in [5.74, 6) is 0.999. The quantitative estimate of drug-likeness (QED) is 0.506. The van der Waals surface area contributed by atoms with Crippen LogP contribution in [0.25, 0.3) is 0 Å². The molecule has 22 heavy (non-hydrogen) atoms. The van der Waals surface area contributed by atoms with Gasteiger partial charge in [0.25, 0.3) is 0 Å². The van der Waals surface area contributed by atoms with Crippen molar-refractivity contribution in [3.05, 3.63) is 59.7 Å². The number of rotatable bonds is 6. The Bertz CT molecular complexity index is 654. The highest BCUT2D eigenvalue weighted by Gasteiger charge is 2.03. The van der Waals surface area contributed by atoms with Crippen LogP contribution in [-0.2, 0) is 4.79 Å². The first-order valence-electron chi connectivity index (χ1n) is 6.83. The maximum absolute atomic E-state index is 11.8. The highest BCUT2D eigenvalue weighted by molar-refractivity contribution is 8.00. The molecule has 0 atom stereocenters. The van der Waals surface area contributed by atoms with E-state index in [1.165, 1.54) is 17.3 Å². The molecule has 0 aliphatic rings. The summed E-state index contributed by atoms with van der Waals surface area (Å²) in [6, 6.07) is 15.4. The van der Waals surface area contributed by atoms with Crippen LogP contribution < -0.4 is 10.2 Å². The minimum absolute atomic E-state index is 0.127. The maximum Gasteiger partial charge on any atom is 0.250 e. The molecule has 0 spiro atoms. The highest BCUT2D eigenvalue weighted by Crippen LogP contribution is 2.21. The fourth-order valence-corrected chi connectivity index (χ4v) is 2.58. The highest BCUT2D eigenvalue weighted by atomic mass is 32.2. The van der Waals surface area contributed by atoms with Crippen LogP contribution in [0.5, 0.6) is 5.75 Å². The van der Waals surface area contributed by atoms with Gasteiger partial charge in [0.2, 0.25) is 5.91 Å². The third-order valence-corrected chi connectivity index (χ3v) is 4.15. The van der Waals surface area contributed by atoms with Crippen LogP contribution in [-0.4, -0.2) is 25.0 Å². The molecule has 0 aliphatic heterocycles. The second-order valence-corrected chi connectivity index (χ2v) is 5.64. The van der Waals surface area contributed by atoms with Crippen molar-refractivity contribution in [2.45, 2.75) is 11.8 Å². The van der Waals surface area contributed by atoms with Gasteiger partial charge >= 0.3 is 0 Å². The Kier molecular flexibility index (Phi) is 6.03. The molecule has 0 fully saturated rings. The van der Waals surface area contributed by atoms with Crippen LogP contribution in [0.4, 0.5) is 0 Å². The van der Waals surface area contributed by atoms with Gasteiger partial charge < -0.3 is 4.74 Å². The lowest BCUT2D eigenvalue weighted by molar-refractivity contribution is -0.118. The predicted molar refractivity (Wildman–Crippen MR) is 90.6 cm³/mol. The number of thioether (sulfide) groups is 1. The monoisotopic (exact) mass is 314 g/mol. The molecule has 1 N–H and O–H groups in total.